The van der Waals surface area contributed by atoms with Crippen LogP contribution in [0.3, 0.4) is 0 Å². The first-order valence-electron chi connectivity index (χ1n) is 11.9. The van der Waals surface area contributed by atoms with E-state index in [1.165, 1.54) is 24.3 Å². The molecule has 0 radical (unpaired) electrons. The number of benzene rings is 1. The fourth-order valence-corrected chi connectivity index (χ4v) is 5.29. The van der Waals surface area contributed by atoms with Gasteiger partial charge < -0.3 is 14.2 Å². The largest absolute Gasteiger partial charge is 0.462 e. The van der Waals surface area contributed by atoms with E-state index in [9.17, 15) is 18.4 Å². The highest BCUT2D eigenvalue weighted by Gasteiger charge is 2.41. The van der Waals surface area contributed by atoms with Crippen LogP contribution in [0.2, 0.25) is 25.7 Å². The molecule has 0 fully saturated rings. The molecule has 0 bridgehead atoms. The molecule has 0 spiro atoms. The molecule has 12 heteroatoms. The topological polar surface area (TPSA) is 77.4 Å². The van der Waals surface area contributed by atoms with Crippen molar-refractivity contribution in [3.63, 3.8) is 0 Å². The minimum Gasteiger partial charge on any atom is -0.462 e. The van der Waals surface area contributed by atoms with E-state index in [0.717, 1.165) is 22.7 Å². The molecule has 1 amide bonds. The minimum absolute atomic E-state index is 0.0282. The van der Waals surface area contributed by atoms with Crippen LogP contribution in [-0.4, -0.2) is 62.4 Å². The van der Waals surface area contributed by atoms with Gasteiger partial charge in [0.2, 0.25) is 0 Å². The number of hydrogen-bond acceptors (Lipinski definition) is 7. The molecule has 1 aliphatic rings. The number of rotatable bonds is 9. The predicted octanol–water partition coefficient (Wildman–Crippen LogP) is 6.85. The Morgan fingerprint density at radius 3 is 2.49 bits per heavy atom. The van der Waals surface area contributed by atoms with Gasteiger partial charge in [0.25, 0.3) is 0 Å². The van der Waals surface area contributed by atoms with Gasteiger partial charge in [-0.1, -0.05) is 35.6 Å². The van der Waals surface area contributed by atoms with Gasteiger partial charge in [-0.05, 0) is 69.8 Å². The third kappa shape index (κ3) is 9.19. The number of carbonyl (C=O) groups is 2. The zero-order chi connectivity index (χ0) is 28.0. The molecule has 1 aromatic rings. The second-order valence-electron chi connectivity index (χ2n) is 10.7. The number of ether oxygens (including phenoxy) is 3. The Morgan fingerprint density at radius 1 is 1.24 bits per heavy atom. The van der Waals surface area contributed by atoms with Gasteiger partial charge in [-0.2, -0.15) is 0 Å². The van der Waals surface area contributed by atoms with E-state index in [4.69, 9.17) is 14.2 Å². The third-order valence-electron chi connectivity index (χ3n) is 5.00. The lowest BCUT2D eigenvalue weighted by Crippen LogP contribution is -2.44. The molecular formula is C25H35BrF2N2O5SSi. The number of esters is 1. The maximum Gasteiger partial charge on any atom is 0.418 e. The second-order valence-corrected chi connectivity index (χ2v) is 18.2. The Balaban J connectivity index is 2.60. The smallest absolute Gasteiger partial charge is 0.418 e. The summed E-state index contributed by atoms with van der Waals surface area (Å²) in [5, 5.41) is -0.0650. The van der Waals surface area contributed by atoms with Crippen LogP contribution < -0.4 is 0 Å². The Labute approximate surface area is 231 Å². The zero-order valence-electron chi connectivity index (χ0n) is 22.3. The van der Waals surface area contributed by atoms with Crippen molar-refractivity contribution < 1.29 is 32.6 Å². The summed E-state index contributed by atoms with van der Waals surface area (Å²) in [6.07, 6.45) is 0.447. The fourth-order valence-electron chi connectivity index (χ4n) is 3.13. The molecular weight excluding hydrogens is 586 g/mol. The maximum absolute atomic E-state index is 15.0. The van der Waals surface area contributed by atoms with Gasteiger partial charge in [0.05, 0.1) is 11.5 Å². The lowest BCUT2D eigenvalue weighted by atomic mass is 9.90. The van der Waals surface area contributed by atoms with Gasteiger partial charge in [0.1, 0.15) is 30.4 Å². The molecule has 2 rings (SSSR count). The molecule has 206 valence electrons. The first-order valence-corrected chi connectivity index (χ1v) is 17.2. The molecule has 1 atom stereocenters. The number of nitrogens with zero attached hydrogens (tertiary/aromatic N) is 2. The Hall–Kier alpha value is -1.76. The number of amidine groups is 1. The molecule has 1 aliphatic heterocycles. The summed E-state index contributed by atoms with van der Waals surface area (Å²) in [4.78, 5) is 31.6. The quantitative estimate of drug-likeness (QED) is 0.130. The van der Waals surface area contributed by atoms with Crippen LogP contribution in [0.25, 0.3) is 0 Å². The molecule has 0 saturated heterocycles. The Morgan fingerprint density at radius 2 is 1.92 bits per heavy atom. The molecule has 0 aliphatic carbocycles. The third-order valence-corrected chi connectivity index (χ3v) is 8.20. The number of alkyl halides is 1. The average molecular weight is 622 g/mol. The number of halogens is 3. The van der Waals surface area contributed by atoms with E-state index in [1.807, 2.05) is 0 Å². The molecule has 37 heavy (non-hydrogen) atoms. The zero-order valence-corrected chi connectivity index (χ0v) is 25.7. The number of carbonyl (C=O) groups excluding carboxylic acids is 2. The van der Waals surface area contributed by atoms with Gasteiger partial charge in [-0.25, -0.2) is 28.3 Å². The molecule has 1 aromatic carbocycles. The summed E-state index contributed by atoms with van der Waals surface area (Å²) in [6.45, 7) is 12.4. The lowest BCUT2D eigenvalue weighted by molar-refractivity contribution is -0.137. The van der Waals surface area contributed by atoms with Crippen molar-refractivity contribution in [3.8, 4) is 0 Å². The summed E-state index contributed by atoms with van der Waals surface area (Å²) >= 11 is 4.10. The van der Waals surface area contributed by atoms with E-state index < -0.39 is 43.8 Å². The summed E-state index contributed by atoms with van der Waals surface area (Å²) in [6, 6.07) is 4.90. The molecule has 1 heterocycles. The van der Waals surface area contributed by atoms with Crippen LogP contribution in [0.5, 0.6) is 0 Å². The summed E-state index contributed by atoms with van der Waals surface area (Å²) < 4.78 is 46.8. The van der Waals surface area contributed by atoms with Crippen molar-refractivity contribution in [2.75, 3.05) is 26.6 Å². The summed E-state index contributed by atoms with van der Waals surface area (Å²) in [5.74, 6) is -1.46. The maximum atomic E-state index is 15.0. The van der Waals surface area contributed by atoms with Crippen LogP contribution in [-0.2, 0) is 24.5 Å². The fraction of sp³-hybridized carbons (Fsp3) is 0.560. The van der Waals surface area contributed by atoms with Gasteiger partial charge in [0.15, 0.2) is 5.17 Å². The molecule has 0 unspecified atom stereocenters. The average Bonchev–Trinajstić information content (AvgIpc) is 2.78. The van der Waals surface area contributed by atoms with E-state index in [1.54, 1.807) is 27.7 Å². The van der Waals surface area contributed by atoms with Crippen molar-refractivity contribution in [3.05, 3.63) is 45.0 Å². The normalized spacial score (nSPS) is 18.1. The van der Waals surface area contributed by atoms with Crippen LogP contribution in [0.4, 0.5) is 13.6 Å². The first kappa shape index (κ1) is 31.5. The van der Waals surface area contributed by atoms with Gasteiger partial charge in [-0.3, -0.25) is 0 Å². The second kappa shape index (κ2) is 12.9. The van der Waals surface area contributed by atoms with Crippen LogP contribution in [0.15, 0.2) is 38.6 Å². The Bertz CT molecular complexity index is 1060. The highest BCUT2D eigenvalue weighted by molar-refractivity contribution is 9.10. The van der Waals surface area contributed by atoms with E-state index in [-0.39, 0.29) is 29.0 Å². The SMILES string of the molecule is CCOC(=O)C1=C[C@@](CF)(c2cc(Br)ccc2F)N=C(N(COCC[Si](C)(C)C)C(=O)OC(C)(C)C)S1. The van der Waals surface area contributed by atoms with E-state index >= 15 is 0 Å². The van der Waals surface area contributed by atoms with Gasteiger partial charge in [0, 0.05) is 24.7 Å². The van der Waals surface area contributed by atoms with E-state index in [2.05, 4.69) is 40.6 Å². The van der Waals surface area contributed by atoms with Crippen LogP contribution in [0.1, 0.15) is 33.3 Å². The first-order chi connectivity index (χ1) is 17.1. The highest BCUT2D eigenvalue weighted by Crippen LogP contribution is 2.41. The highest BCUT2D eigenvalue weighted by atomic mass is 79.9. The Kier molecular flexibility index (Phi) is 10.9. The van der Waals surface area contributed by atoms with Crippen molar-refractivity contribution in [1.29, 1.82) is 0 Å². The molecule has 7 nitrogen and oxygen atoms in total. The monoisotopic (exact) mass is 620 g/mol. The lowest BCUT2D eigenvalue weighted by Gasteiger charge is -2.34. The van der Waals surface area contributed by atoms with E-state index in [0.29, 0.717) is 11.1 Å². The standard InChI is InChI=1S/C25H35BrF2N2O5SSi/c1-8-34-21(31)20-14-25(15-27,18-13-17(26)9-10-19(18)28)29-22(36-20)30(23(32)35-24(2,3)4)16-33-11-12-37(5,6)7/h9-10,13-14H,8,11-12,15-16H2,1-7H3/t25-/m1/s1. The van der Waals surface area contributed by atoms with Crippen molar-refractivity contribution in [2.45, 2.75) is 64.5 Å². The number of aliphatic imine (C=N–C) groups is 1. The van der Waals surface area contributed by atoms with Crippen molar-refractivity contribution in [1.82, 2.24) is 4.90 Å². The molecule has 0 saturated carbocycles. The van der Waals surface area contributed by atoms with Crippen molar-refractivity contribution >= 4 is 53.0 Å². The molecule has 0 N–H and O–H groups in total. The van der Waals surface area contributed by atoms with Crippen molar-refractivity contribution in [2.24, 2.45) is 4.99 Å². The summed E-state index contributed by atoms with van der Waals surface area (Å²) in [7, 11) is -1.42. The van der Waals surface area contributed by atoms with Crippen LogP contribution >= 0.6 is 27.7 Å². The minimum atomic E-state index is -1.92. The molecule has 0 aromatic heterocycles. The predicted molar refractivity (Wildman–Crippen MR) is 149 cm³/mol. The number of hydrogen-bond donors (Lipinski definition) is 0. The summed E-state index contributed by atoms with van der Waals surface area (Å²) in [5.41, 5.74) is -2.87. The van der Waals surface area contributed by atoms with Gasteiger partial charge in [-0.15, -0.1) is 0 Å². The van der Waals surface area contributed by atoms with Crippen LogP contribution in [0, 0.1) is 5.82 Å². The number of thioether (sulfide) groups is 1. The number of amides is 1. The van der Waals surface area contributed by atoms with Gasteiger partial charge >= 0.3 is 12.1 Å².